The minimum absolute atomic E-state index is 0.112. The van der Waals surface area contributed by atoms with Gasteiger partial charge in [0.05, 0.1) is 12.2 Å². The van der Waals surface area contributed by atoms with Gasteiger partial charge in [0.25, 0.3) is 11.8 Å². The summed E-state index contributed by atoms with van der Waals surface area (Å²) in [6, 6.07) is 9.20. The van der Waals surface area contributed by atoms with Gasteiger partial charge in [0.2, 0.25) is 0 Å². The number of para-hydroxylation sites is 1. The van der Waals surface area contributed by atoms with Gasteiger partial charge < -0.3 is 20.7 Å². The van der Waals surface area contributed by atoms with Crippen molar-refractivity contribution in [3.05, 3.63) is 52.8 Å². The second kappa shape index (κ2) is 6.10. The number of aliphatic hydroxyl groups excluding tert-OH is 1. The summed E-state index contributed by atoms with van der Waals surface area (Å²) >= 11 is 0. The van der Waals surface area contributed by atoms with Gasteiger partial charge in [0, 0.05) is 23.5 Å². The predicted molar refractivity (Wildman–Crippen MR) is 87.9 cm³/mol. The molecule has 0 unspecified atom stereocenters. The Morgan fingerprint density at radius 3 is 2.91 bits per heavy atom. The molecular formula is C17H17N3O3. The van der Waals surface area contributed by atoms with Gasteiger partial charge in [0.1, 0.15) is 5.69 Å². The average molecular weight is 311 g/mol. The summed E-state index contributed by atoms with van der Waals surface area (Å²) in [4.78, 5) is 27.1. The van der Waals surface area contributed by atoms with E-state index in [1.807, 2.05) is 31.2 Å². The van der Waals surface area contributed by atoms with Gasteiger partial charge >= 0.3 is 0 Å². The van der Waals surface area contributed by atoms with E-state index in [2.05, 4.69) is 15.6 Å². The normalized spacial score (nSPS) is 14.7. The van der Waals surface area contributed by atoms with Crippen LogP contribution in [0, 0.1) is 6.92 Å². The van der Waals surface area contributed by atoms with E-state index in [1.165, 1.54) is 0 Å². The van der Waals surface area contributed by atoms with Crippen molar-refractivity contribution in [3.63, 3.8) is 0 Å². The maximum absolute atomic E-state index is 12.1. The van der Waals surface area contributed by atoms with Crippen molar-refractivity contribution in [2.45, 2.75) is 6.92 Å². The van der Waals surface area contributed by atoms with Crippen LogP contribution in [0.25, 0.3) is 11.6 Å². The molecule has 0 saturated heterocycles. The van der Waals surface area contributed by atoms with Crippen LogP contribution in [0.15, 0.2) is 30.3 Å². The van der Waals surface area contributed by atoms with E-state index in [4.69, 9.17) is 5.11 Å². The number of aromatic nitrogens is 1. The Bertz CT molecular complexity index is 805. The van der Waals surface area contributed by atoms with Crippen LogP contribution in [0.1, 0.15) is 27.3 Å². The lowest BCUT2D eigenvalue weighted by Gasteiger charge is -2.00. The molecule has 0 bridgehead atoms. The zero-order valence-corrected chi connectivity index (χ0v) is 12.6. The highest BCUT2D eigenvalue weighted by atomic mass is 16.3. The van der Waals surface area contributed by atoms with Gasteiger partial charge in [0.15, 0.2) is 0 Å². The van der Waals surface area contributed by atoms with Gasteiger partial charge in [-0.2, -0.15) is 0 Å². The number of rotatable bonds is 4. The van der Waals surface area contributed by atoms with Crippen molar-refractivity contribution in [2.75, 3.05) is 18.5 Å². The minimum atomic E-state index is -0.289. The number of fused-ring (bicyclic) bond motifs is 1. The first-order valence-corrected chi connectivity index (χ1v) is 7.31. The molecule has 3 rings (SSSR count). The fraction of sp³-hybridized carbons (Fsp3) is 0.176. The van der Waals surface area contributed by atoms with Crippen LogP contribution in [0.4, 0.5) is 5.69 Å². The van der Waals surface area contributed by atoms with Crippen molar-refractivity contribution in [1.29, 1.82) is 0 Å². The zero-order valence-electron chi connectivity index (χ0n) is 12.6. The number of aromatic amines is 1. The topological polar surface area (TPSA) is 94.2 Å². The fourth-order valence-corrected chi connectivity index (χ4v) is 2.54. The molecular weight excluding hydrogens is 294 g/mol. The number of amides is 2. The van der Waals surface area contributed by atoms with Gasteiger partial charge in [-0.25, -0.2) is 0 Å². The summed E-state index contributed by atoms with van der Waals surface area (Å²) in [6.45, 7) is 1.95. The molecule has 0 aliphatic carbocycles. The van der Waals surface area contributed by atoms with E-state index in [1.54, 1.807) is 12.1 Å². The number of aliphatic hydroxyl groups is 1. The van der Waals surface area contributed by atoms with E-state index in [9.17, 15) is 9.59 Å². The summed E-state index contributed by atoms with van der Waals surface area (Å²) in [5.41, 5.74) is 4.17. The minimum Gasteiger partial charge on any atom is -0.395 e. The molecule has 2 amide bonds. The van der Waals surface area contributed by atoms with Gasteiger partial charge in [-0.05, 0) is 30.7 Å². The van der Waals surface area contributed by atoms with Crippen LogP contribution in [0.3, 0.4) is 0 Å². The summed E-state index contributed by atoms with van der Waals surface area (Å²) in [6.07, 6.45) is 1.75. The van der Waals surface area contributed by atoms with Crippen LogP contribution < -0.4 is 10.6 Å². The van der Waals surface area contributed by atoms with Crippen molar-refractivity contribution in [2.24, 2.45) is 0 Å². The summed E-state index contributed by atoms with van der Waals surface area (Å²) < 4.78 is 0. The first-order chi connectivity index (χ1) is 11.1. The average Bonchev–Trinajstić information content (AvgIpc) is 3.06. The molecule has 6 nitrogen and oxygen atoms in total. The van der Waals surface area contributed by atoms with Crippen molar-refractivity contribution < 1.29 is 14.7 Å². The third-order valence-electron chi connectivity index (χ3n) is 3.70. The highest BCUT2D eigenvalue weighted by molar-refractivity contribution is 6.34. The molecule has 1 aromatic carbocycles. The molecule has 6 heteroatoms. The second-order valence-corrected chi connectivity index (χ2v) is 5.32. The monoisotopic (exact) mass is 311 g/mol. The summed E-state index contributed by atoms with van der Waals surface area (Å²) in [7, 11) is 0. The van der Waals surface area contributed by atoms with Gasteiger partial charge in [-0.3, -0.25) is 9.59 Å². The zero-order chi connectivity index (χ0) is 16.4. The third kappa shape index (κ3) is 2.89. The number of carbonyl (C=O) groups is 2. The highest BCUT2D eigenvalue weighted by Gasteiger charge is 2.24. The fourth-order valence-electron chi connectivity index (χ4n) is 2.54. The van der Waals surface area contributed by atoms with Crippen LogP contribution in [-0.4, -0.2) is 35.1 Å². The molecule has 0 fully saturated rings. The standard InChI is InChI=1S/C17H17N3O3/c1-10-8-15(17(23)18-6-7-21)19-14(10)9-12-11-4-2-3-5-13(11)20-16(12)22/h2-5,8-9,19,21H,6-7H2,1H3,(H,18,23)(H,20,22)/b12-9+. The molecule has 1 aliphatic heterocycles. The molecule has 1 aromatic heterocycles. The van der Waals surface area contributed by atoms with Crippen LogP contribution in [-0.2, 0) is 4.79 Å². The Morgan fingerprint density at radius 2 is 2.13 bits per heavy atom. The van der Waals surface area contributed by atoms with E-state index >= 15 is 0 Å². The molecule has 2 aromatic rings. The number of carbonyl (C=O) groups excluding carboxylic acids is 2. The molecule has 0 atom stereocenters. The molecule has 23 heavy (non-hydrogen) atoms. The number of benzene rings is 1. The van der Waals surface area contributed by atoms with Crippen molar-refractivity contribution in [3.8, 4) is 0 Å². The predicted octanol–water partition coefficient (Wildman–Crippen LogP) is 1.54. The van der Waals surface area contributed by atoms with Crippen LogP contribution in [0.5, 0.6) is 0 Å². The van der Waals surface area contributed by atoms with E-state index < -0.39 is 0 Å². The summed E-state index contributed by atoms with van der Waals surface area (Å²) in [5.74, 6) is -0.449. The lowest BCUT2D eigenvalue weighted by Crippen LogP contribution is -2.26. The van der Waals surface area contributed by atoms with Crippen molar-refractivity contribution >= 4 is 29.2 Å². The Labute approximate surface area is 133 Å². The number of hydrogen-bond acceptors (Lipinski definition) is 3. The largest absolute Gasteiger partial charge is 0.395 e. The first-order valence-electron chi connectivity index (χ1n) is 7.31. The lowest BCUT2D eigenvalue weighted by molar-refractivity contribution is -0.110. The molecule has 4 N–H and O–H groups in total. The number of aryl methyl sites for hydroxylation is 1. The van der Waals surface area contributed by atoms with E-state index in [-0.39, 0.29) is 25.0 Å². The Hall–Kier alpha value is -2.86. The third-order valence-corrected chi connectivity index (χ3v) is 3.70. The molecule has 0 spiro atoms. The molecule has 1 aliphatic rings. The quantitative estimate of drug-likeness (QED) is 0.645. The van der Waals surface area contributed by atoms with Crippen molar-refractivity contribution in [1.82, 2.24) is 10.3 Å². The van der Waals surface area contributed by atoms with E-state index in [0.717, 1.165) is 16.8 Å². The molecule has 118 valence electrons. The SMILES string of the molecule is Cc1cc(C(=O)NCCO)[nH]c1/C=C1/C(=O)Nc2ccccc21. The number of nitrogens with one attached hydrogen (secondary N) is 3. The van der Waals surface area contributed by atoms with Gasteiger partial charge in [-0.15, -0.1) is 0 Å². The van der Waals surface area contributed by atoms with E-state index in [0.29, 0.717) is 17.0 Å². The maximum Gasteiger partial charge on any atom is 0.267 e. The number of H-pyrrole nitrogens is 1. The molecule has 0 radical (unpaired) electrons. The second-order valence-electron chi connectivity index (χ2n) is 5.32. The van der Waals surface area contributed by atoms with Crippen LogP contribution in [0.2, 0.25) is 0 Å². The Morgan fingerprint density at radius 1 is 1.35 bits per heavy atom. The Balaban J connectivity index is 1.93. The van der Waals surface area contributed by atoms with Crippen LogP contribution >= 0.6 is 0 Å². The Kier molecular flexibility index (Phi) is 3.99. The molecule has 2 heterocycles. The molecule has 0 saturated carbocycles. The maximum atomic E-state index is 12.1. The number of hydrogen-bond donors (Lipinski definition) is 4. The van der Waals surface area contributed by atoms with Gasteiger partial charge in [-0.1, -0.05) is 18.2 Å². The smallest absolute Gasteiger partial charge is 0.267 e. The number of anilines is 1. The summed E-state index contributed by atoms with van der Waals surface area (Å²) in [5, 5.41) is 14.2. The first kappa shape index (κ1) is 15.1. The lowest BCUT2D eigenvalue weighted by atomic mass is 10.1. The highest BCUT2D eigenvalue weighted by Crippen LogP contribution is 2.32.